The van der Waals surface area contributed by atoms with Crippen LogP contribution >= 0.6 is 0 Å². The first-order valence-corrected chi connectivity index (χ1v) is 6.62. The molecule has 17 heavy (non-hydrogen) atoms. The first kappa shape index (κ1) is 12.4. The average molecular weight is 236 g/mol. The van der Waals surface area contributed by atoms with Gasteiger partial charge >= 0.3 is 0 Å². The second-order valence-electron chi connectivity index (χ2n) is 5.51. The summed E-state index contributed by atoms with van der Waals surface area (Å²) in [6.07, 6.45) is 4.34. The van der Waals surface area contributed by atoms with Crippen molar-refractivity contribution in [2.24, 2.45) is 5.92 Å². The van der Waals surface area contributed by atoms with Crippen LogP contribution in [0.3, 0.4) is 0 Å². The Bertz CT molecular complexity index is 337. The molecule has 0 aliphatic carbocycles. The summed E-state index contributed by atoms with van der Waals surface area (Å²) in [7, 11) is 2.19. The van der Waals surface area contributed by atoms with E-state index >= 15 is 0 Å². The molecule has 0 spiro atoms. The van der Waals surface area contributed by atoms with E-state index in [4.69, 9.17) is 0 Å². The van der Waals surface area contributed by atoms with Gasteiger partial charge in [-0.3, -0.25) is 0 Å². The van der Waals surface area contributed by atoms with Gasteiger partial charge in [-0.2, -0.15) is 5.10 Å². The summed E-state index contributed by atoms with van der Waals surface area (Å²) in [6, 6.07) is 2.69. The molecule has 0 unspecified atom stereocenters. The van der Waals surface area contributed by atoms with Crippen molar-refractivity contribution in [2.45, 2.75) is 39.3 Å². The van der Waals surface area contributed by atoms with Crippen LogP contribution in [0.25, 0.3) is 0 Å². The molecule has 2 heterocycles. The number of nitrogens with one attached hydrogen (secondary N) is 1. The summed E-state index contributed by atoms with van der Waals surface area (Å²) >= 11 is 0. The monoisotopic (exact) mass is 236 g/mol. The van der Waals surface area contributed by atoms with Gasteiger partial charge in [0, 0.05) is 18.7 Å². The molecule has 1 saturated heterocycles. The number of nitrogens with zero attached hydrogens (tertiary/aromatic N) is 3. The maximum atomic E-state index is 4.38. The van der Waals surface area contributed by atoms with E-state index in [0.717, 1.165) is 6.54 Å². The van der Waals surface area contributed by atoms with Gasteiger partial charge in [0.05, 0.1) is 6.20 Å². The lowest BCUT2D eigenvalue weighted by Gasteiger charge is -2.30. The molecular weight excluding hydrogens is 212 g/mol. The van der Waals surface area contributed by atoms with Crippen molar-refractivity contribution in [3.63, 3.8) is 0 Å². The summed E-state index contributed by atoms with van der Waals surface area (Å²) in [5.74, 6) is 1.81. The summed E-state index contributed by atoms with van der Waals surface area (Å²) in [6.45, 7) is 7.82. The molecule has 1 N–H and O–H groups in total. The number of piperidine rings is 1. The van der Waals surface area contributed by atoms with Gasteiger partial charge in [-0.15, -0.1) is 0 Å². The van der Waals surface area contributed by atoms with Crippen LogP contribution < -0.4 is 5.32 Å². The molecule has 2 rings (SSSR count). The summed E-state index contributed by atoms with van der Waals surface area (Å²) in [4.78, 5) is 2.39. The largest absolute Gasteiger partial charge is 0.367 e. The molecule has 0 amide bonds. The number of anilines is 1. The number of likely N-dealkylation sites (tertiary alicyclic amines) is 1. The van der Waals surface area contributed by atoms with Gasteiger partial charge in [0.2, 0.25) is 0 Å². The van der Waals surface area contributed by atoms with Crippen LogP contribution in [0.15, 0.2) is 12.3 Å². The van der Waals surface area contributed by atoms with Gasteiger partial charge in [0.15, 0.2) is 0 Å². The molecule has 1 aliphatic heterocycles. The molecule has 1 fully saturated rings. The molecule has 4 nitrogen and oxygen atoms in total. The first-order valence-electron chi connectivity index (χ1n) is 6.62. The number of hydrogen-bond acceptors (Lipinski definition) is 3. The third-order valence-electron chi connectivity index (χ3n) is 3.33. The molecular formula is C13H24N4. The van der Waals surface area contributed by atoms with Crippen LogP contribution in [-0.4, -0.2) is 40.9 Å². The topological polar surface area (TPSA) is 33.1 Å². The molecule has 0 bridgehead atoms. The Balaban J connectivity index is 1.92. The minimum absolute atomic E-state index is 0.605. The third kappa shape index (κ3) is 3.46. The normalized spacial score (nSPS) is 18.8. The average Bonchev–Trinajstić information content (AvgIpc) is 2.68. The highest BCUT2D eigenvalue weighted by Gasteiger charge is 2.17. The molecule has 0 radical (unpaired) electrons. The highest BCUT2D eigenvalue weighted by Crippen LogP contribution is 2.16. The van der Waals surface area contributed by atoms with E-state index in [2.05, 4.69) is 47.0 Å². The Morgan fingerprint density at radius 2 is 2.12 bits per heavy atom. The van der Waals surface area contributed by atoms with Crippen molar-refractivity contribution in [1.29, 1.82) is 0 Å². The van der Waals surface area contributed by atoms with E-state index < -0.39 is 0 Å². The minimum Gasteiger partial charge on any atom is -0.367 e. The summed E-state index contributed by atoms with van der Waals surface area (Å²) in [5.41, 5.74) is 0. The lowest BCUT2D eigenvalue weighted by molar-refractivity contribution is 0.263. The lowest BCUT2D eigenvalue weighted by atomic mass is 10.1. The predicted molar refractivity (Wildman–Crippen MR) is 71.2 cm³/mol. The van der Waals surface area contributed by atoms with E-state index in [0.29, 0.717) is 12.0 Å². The van der Waals surface area contributed by atoms with Gasteiger partial charge in [0.25, 0.3) is 0 Å². The fraction of sp³-hybridized carbons (Fsp3) is 0.769. The maximum absolute atomic E-state index is 4.38. The van der Waals surface area contributed by atoms with Crippen LogP contribution in [0.4, 0.5) is 5.82 Å². The molecule has 0 atom stereocenters. The third-order valence-corrected chi connectivity index (χ3v) is 3.33. The standard InChI is InChI=1S/C13H24N4/c1-11(2)10-17-13(4-7-14-17)15-12-5-8-16(3)9-6-12/h4,7,11-12,15H,5-6,8-10H2,1-3H3. The van der Waals surface area contributed by atoms with Crippen LogP contribution in [0.1, 0.15) is 26.7 Å². The van der Waals surface area contributed by atoms with Crippen molar-refractivity contribution < 1.29 is 0 Å². The molecule has 0 aromatic carbocycles. The zero-order chi connectivity index (χ0) is 12.3. The van der Waals surface area contributed by atoms with Crippen molar-refractivity contribution in [1.82, 2.24) is 14.7 Å². The molecule has 96 valence electrons. The van der Waals surface area contributed by atoms with Gasteiger partial charge in [-0.25, -0.2) is 4.68 Å². The zero-order valence-electron chi connectivity index (χ0n) is 11.2. The maximum Gasteiger partial charge on any atom is 0.124 e. The van der Waals surface area contributed by atoms with Gasteiger partial charge in [-0.05, 0) is 38.9 Å². The molecule has 0 saturated carbocycles. The first-order chi connectivity index (χ1) is 8.15. The van der Waals surface area contributed by atoms with E-state index in [1.54, 1.807) is 0 Å². The Labute approximate surface area is 104 Å². The highest BCUT2D eigenvalue weighted by molar-refractivity contribution is 5.35. The number of rotatable bonds is 4. The van der Waals surface area contributed by atoms with Crippen LogP contribution in [-0.2, 0) is 6.54 Å². The van der Waals surface area contributed by atoms with Gasteiger partial charge < -0.3 is 10.2 Å². The van der Waals surface area contributed by atoms with Crippen molar-refractivity contribution in [3.8, 4) is 0 Å². The van der Waals surface area contributed by atoms with E-state index in [-0.39, 0.29) is 0 Å². The Morgan fingerprint density at radius 1 is 1.41 bits per heavy atom. The van der Waals surface area contributed by atoms with Crippen molar-refractivity contribution in [2.75, 3.05) is 25.5 Å². The second-order valence-corrected chi connectivity index (χ2v) is 5.51. The summed E-state index contributed by atoms with van der Waals surface area (Å²) < 4.78 is 2.09. The fourth-order valence-corrected chi connectivity index (χ4v) is 2.31. The Hall–Kier alpha value is -1.03. The number of aromatic nitrogens is 2. The zero-order valence-corrected chi connectivity index (χ0v) is 11.2. The lowest BCUT2D eigenvalue weighted by Crippen LogP contribution is -2.37. The van der Waals surface area contributed by atoms with Gasteiger partial charge in [-0.1, -0.05) is 13.8 Å². The Kier molecular flexibility index (Phi) is 4.05. The minimum atomic E-state index is 0.605. The van der Waals surface area contributed by atoms with E-state index in [1.165, 1.54) is 31.7 Å². The molecule has 1 aromatic rings. The molecule has 4 heteroatoms. The SMILES string of the molecule is CC(C)Cn1nccc1NC1CCN(C)CC1. The smallest absolute Gasteiger partial charge is 0.124 e. The van der Waals surface area contributed by atoms with Crippen molar-refractivity contribution in [3.05, 3.63) is 12.3 Å². The predicted octanol–water partition coefficient (Wildman–Crippen LogP) is 2.05. The Morgan fingerprint density at radius 3 is 2.76 bits per heavy atom. The van der Waals surface area contributed by atoms with Crippen LogP contribution in [0.5, 0.6) is 0 Å². The quantitative estimate of drug-likeness (QED) is 0.868. The second kappa shape index (κ2) is 5.54. The molecule has 1 aliphatic rings. The van der Waals surface area contributed by atoms with Crippen LogP contribution in [0.2, 0.25) is 0 Å². The highest BCUT2D eigenvalue weighted by atomic mass is 15.3. The van der Waals surface area contributed by atoms with Crippen molar-refractivity contribution >= 4 is 5.82 Å². The van der Waals surface area contributed by atoms with E-state index in [1.807, 2.05) is 6.20 Å². The number of hydrogen-bond donors (Lipinski definition) is 1. The summed E-state index contributed by atoms with van der Waals surface area (Å²) in [5, 5.41) is 8.01. The van der Waals surface area contributed by atoms with Crippen LogP contribution in [0, 0.1) is 5.92 Å². The van der Waals surface area contributed by atoms with Gasteiger partial charge in [0.1, 0.15) is 5.82 Å². The molecule has 1 aromatic heterocycles. The fourth-order valence-electron chi connectivity index (χ4n) is 2.31. The van der Waals surface area contributed by atoms with E-state index in [9.17, 15) is 0 Å².